The number of hydrogen-bond acceptors (Lipinski definition) is 2. The molecule has 0 heterocycles. The summed E-state index contributed by atoms with van der Waals surface area (Å²) in [6, 6.07) is 19.6. The number of carbonyl (C=O) groups is 1. The van der Waals surface area contributed by atoms with Gasteiger partial charge in [-0.1, -0.05) is 60.7 Å². The molecule has 0 saturated carbocycles. The van der Waals surface area contributed by atoms with Crippen LogP contribution in [0.25, 0.3) is 0 Å². The molecular formula is C18H20ClNO2. The second-order valence-corrected chi connectivity index (χ2v) is 5.45. The number of rotatable bonds is 7. The summed E-state index contributed by atoms with van der Waals surface area (Å²) in [5.74, 6) is 0.496. The van der Waals surface area contributed by atoms with Crippen molar-refractivity contribution in [2.75, 3.05) is 5.88 Å². The molecule has 0 saturated heterocycles. The van der Waals surface area contributed by atoms with E-state index in [2.05, 4.69) is 5.32 Å². The van der Waals surface area contributed by atoms with Crippen LogP contribution in [0, 0.1) is 0 Å². The minimum atomic E-state index is -0.407. The smallest absolute Gasteiger partial charge is 0.407 e. The molecule has 22 heavy (non-hydrogen) atoms. The van der Waals surface area contributed by atoms with Crippen LogP contribution in [0.5, 0.6) is 0 Å². The van der Waals surface area contributed by atoms with Gasteiger partial charge in [-0.15, -0.1) is 11.6 Å². The highest BCUT2D eigenvalue weighted by atomic mass is 35.5. The predicted octanol–water partition coefficient (Wildman–Crippen LogP) is 4.15. The van der Waals surface area contributed by atoms with Crippen LogP contribution in [0.4, 0.5) is 4.79 Å². The maximum Gasteiger partial charge on any atom is 0.407 e. The number of ether oxygens (including phenoxy) is 1. The first-order valence-corrected chi connectivity index (χ1v) is 7.88. The van der Waals surface area contributed by atoms with Crippen molar-refractivity contribution in [2.24, 2.45) is 0 Å². The molecule has 116 valence electrons. The van der Waals surface area contributed by atoms with E-state index in [1.54, 1.807) is 0 Å². The Labute approximate surface area is 136 Å². The van der Waals surface area contributed by atoms with Crippen molar-refractivity contribution in [1.29, 1.82) is 0 Å². The lowest BCUT2D eigenvalue weighted by Gasteiger charge is -2.17. The van der Waals surface area contributed by atoms with Crippen LogP contribution in [0.1, 0.15) is 17.5 Å². The molecule has 2 aromatic rings. The van der Waals surface area contributed by atoms with Crippen LogP contribution in [0.15, 0.2) is 60.7 Å². The highest BCUT2D eigenvalue weighted by molar-refractivity contribution is 6.17. The number of hydrogen-bond donors (Lipinski definition) is 1. The van der Waals surface area contributed by atoms with Gasteiger partial charge in [0.05, 0.1) is 0 Å². The number of nitrogens with one attached hydrogen (secondary N) is 1. The van der Waals surface area contributed by atoms with Crippen molar-refractivity contribution in [3.8, 4) is 0 Å². The lowest BCUT2D eigenvalue weighted by Crippen LogP contribution is -2.37. The molecule has 0 fully saturated rings. The summed E-state index contributed by atoms with van der Waals surface area (Å²) >= 11 is 5.83. The number of amides is 1. The van der Waals surface area contributed by atoms with Gasteiger partial charge in [-0.05, 0) is 24.0 Å². The Kier molecular flexibility index (Phi) is 6.78. The molecule has 3 nitrogen and oxygen atoms in total. The fourth-order valence-electron chi connectivity index (χ4n) is 2.19. The molecule has 1 atom stereocenters. The van der Waals surface area contributed by atoms with Crippen molar-refractivity contribution in [3.63, 3.8) is 0 Å². The lowest BCUT2D eigenvalue weighted by molar-refractivity contribution is 0.135. The van der Waals surface area contributed by atoms with E-state index in [0.29, 0.717) is 12.3 Å². The normalized spacial score (nSPS) is 11.7. The molecule has 0 aliphatic heterocycles. The van der Waals surface area contributed by atoms with Gasteiger partial charge in [0.1, 0.15) is 6.61 Å². The summed E-state index contributed by atoms with van der Waals surface area (Å²) in [6.07, 6.45) is 1.04. The largest absolute Gasteiger partial charge is 0.445 e. The predicted molar refractivity (Wildman–Crippen MR) is 89.0 cm³/mol. The first kappa shape index (κ1) is 16.4. The molecule has 0 aliphatic carbocycles. The van der Waals surface area contributed by atoms with E-state index >= 15 is 0 Å². The highest BCUT2D eigenvalue weighted by Crippen LogP contribution is 2.08. The van der Waals surface area contributed by atoms with Gasteiger partial charge < -0.3 is 10.1 Å². The Morgan fingerprint density at radius 3 is 2.18 bits per heavy atom. The molecule has 0 aromatic heterocycles. The topological polar surface area (TPSA) is 38.3 Å². The second kappa shape index (κ2) is 9.11. The minimum Gasteiger partial charge on any atom is -0.445 e. The Bertz CT molecular complexity index is 560. The average Bonchev–Trinajstić information content (AvgIpc) is 2.55. The van der Waals surface area contributed by atoms with Crippen LogP contribution in [0.2, 0.25) is 0 Å². The maximum absolute atomic E-state index is 11.9. The van der Waals surface area contributed by atoms with Crippen molar-refractivity contribution >= 4 is 17.7 Å². The molecule has 0 aliphatic rings. The summed E-state index contributed by atoms with van der Waals surface area (Å²) in [5, 5.41) is 2.89. The summed E-state index contributed by atoms with van der Waals surface area (Å²) in [4.78, 5) is 11.9. The highest BCUT2D eigenvalue weighted by Gasteiger charge is 2.13. The lowest BCUT2D eigenvalue weighted by atomic mass is 10.0. The van der Waals surface area contributed by atoms with E-state index in [4.69, 9.17) is 16.3 Å². The Morgan fingerprint density at radius 2 is 1.59 bits per heavy atom. The third kappa shape index (κ3) is 5.78. The van der Waals surface area contributed by atoms with Crippen molar-refractivity contribution in [3.05, 3.63) is 71.8 Å². The van der Waals surface area contributed by atoms with Crippen molar-refractivity contribution in [1.82, 2.24) is 5.32 Å². The van der Waals surface area contributed by atoms with E-state index in [1.165, 1.54) is 5.56 Å². The van der Waals surface area contributed by atoms with Crippen molar-refractivity contribution < 1.29 is 9.53 Å². The van der Waals surface area contributed by atoms with Gasteiger partial charge in [-0.3, -0.25) is 0 Å². The summed E-state index contributed by atoms with van der Waals surface area (Å²) in [5.41, 5.74) is 2.13. The maximum atomic E-state index is 11.9. The van der Waals surface area contributed by atoms with Gasteiger partial charge in [-0.2, -0.15) is 0 Å². The molecule has 1 N–H and O–H groups in total. The molecule has 0 radical (unpaired) electrons. The summed E-state index contributed by atoms with van der Waals surface area (Å²) in [7, 11) is 0. The minimum absolute atomic E-state index is 0.0248. The van der Waals surface area contributed by atoms with Gasteiger partial charge in [0, 0.05) is 11.9 Å². The average molecular weight is 318 g/mol. The molecule has 0 spiro atoms. The zero-order chi connectivity index (χ0) is 15.6. The van der Waals surface area contributed by atoms with E-state index in [-0.39, 0.29) is 12.6 Å². The number of alkyl carbamates (subject to hydrolysis) is 1. The summed E-state index contributed by atoms with van der Waals surface area (Å²) in [6.45, 7) is 0.269. The van der Waals surface area contributed by atoms with Crippen LogP contribution in [-0.2, 0) is 17.8 Å². The third-order valence-corrected chi connectivity index (χ3v) is 3.54. The fraction of sp³-hybridized carbons (Fsp3) is 0.278. The monoisotopic (exact) mass is 317 g/mol. The zero-order valence-electron chi connectivity index (χ0n) is 12.4. The Balaban J connectivity index is 1.83. The van der Waals surface area contributed by atoms with Gasteiger partial charge >= 0.3 is 6.09 Å². The Hall–Kier alpha value is -2.00. The van der Waals surface area contributed by atoms with E-state index in [1.807, 2.05) is 60.7 Å². The van der Waals surface area contributed by atoms with E-state index in [0.717, 1.165) is 12.0 Å². The van der Waals surface area contributed by atoms with Crippen molar-refractivity contribution in [2.45, 2.75) is 25.5 Å². The van der Waals surface area contributed by atoms with Gasteiger partial charge in [0.2, 0.25) is 0 Å². The van der Waals surface area contributed by atoms with Crippen LogP contribution in [0.3, 0.4) is 0 Å². The molecule has 1 amide bonds. The zero-order valence-corrected chi connectivity index (χ0v) is 13.1. The standard InChI is InChI=1S/C18H20ClNO2/c19-12-11-17(13-15-7-3-1-4-8-15)20-18(21)22-14-16-9-5-2-6-10-16/h1-10,17H,11-14H2,(H,20,21). The second-order valence-electron chi connectivity index (χ2n) is 5.07. The quantitative estimate of drug-likeness (QED) is 0.779. The molecular weight excluding hydrogens is 298 g/mol. The fourth-order valence-corrected chi connectivity index (χ4v) is 2.45. The Morgan fingerprint density at radius 1 is 1.00 bits per heavy atom. The molecule has 0 bridgehead atoms. The van der Waals surface area contributed by atoms with Crippen LogP contribution in [-0.4, -0.2) is 18.0 Å². The first-order chi connectivity index (χ1) is 10.8. The molecule has 2 rings (SSSR count). The van der Waals surface area contributed by atoms with Gasteiger partial charge in [0.15, 0.2) is 0 Å². The van der Waals surface area contributed by atoms with Crippen LogP contribution < -0.4 is 5.32 Å². The van der Waals surface area contributed by atoms with Gasteiger partial charge in [0.25, 0.3) is 0 Å². The molecule has 1 unspecified atom stereocenters. The molecule has 4 heteroatoms. The number of carbonyl (C=O) groups excluding carboxylic acids is 1. The summed E-state index contributed by atoms with van der Waals surface area (Å²) < 4.78 is 5.25. The number of alkyl halides is 1. The third-order valence-electron chi connectivity index (χ3n) is 3.32. The van der Waals surface area contributed by atoms with E-state index in [9.17, 15) is 4.79 Å². The number of benzene rings is 2. The first-order valence-electron chi connectivity index (χ1n) is 7.35. The SMILES string of the molecule is O=C(NC(CCCl)Cc1ccccc1)OCc1ccccc1. The molecule has 2 aromatic carbocycles. The number of halogens is 1. The van der Waals surface area contributed by atoms with E-state index < -0.39 is 6.09 Å². The van der Waals surface area contributed by atoms with Crippen LogP contribution >= 0.6 is 11.6 Å². The van der Waals surface area contributed by atoms with Gasteiger partial charge in [-0.25, -0.2) is 4.79 Å².